The van der Waals surface area contributed by atoms with Crippen molar-refractivity contribution >= 4 is 23.5 Å². The number of hydrogen-bond acceptors (Lipinski definition) is 5. The van der Waals surface area contributed by atoms with Crippen molar-refractivity contribution in [3.8, 4) is 0 Å². The van der Waals surface area contributed by atoms with E-state index in [1.165, 1.54) is 7.11 Å². The predicted molar refractivity (Wildman–Crippen MR) is 64.5 cm³/mol. The number of carbonyl (C=O) groups is 2. The lowest BCUT2D eigenvalue weighted by molar-refractivity contribution is -0.140. The zero-order chi connectivity index (χ0) is 12.2. The van der Waals surface area contributed by atoms with E-state index in [1.54, 1.807) is 11.8 Å². The van der Waals surface area contributed by atoms with Gasteiger partial charge < -0.3 is 10.1 Å². The van der Waals surface area contributed by atoms with Crippen molar-refractivity contribution in [1.29, 1.82) is 0 Å². The lowest BCUT2D eigenvalue weighted by atomic mass is 9.81. The standard InChI is InChI=1S/C11H19NO3S/c1-8-5-16-7-11(2,10(8)14)6-12-4-9(13)15-3/h8,12H,4-7H2,1-3H3. The first kappa shape index (κ1) is 13.5. The van der Waals surface area contributed by atoms with E-state index in [9.17, 15) is 9.59 Å². The first-order valence-corrected chi connectivity index (χ1v) is 6.54. The summed E-state index contributed by atoms with van der Waals surface area (Å²) < 4.78 is 4.53. The van der Waals surface area contributed by atoms with Gasteiger partial charge >= 0.3 is 5.97 Å². The van der Waals surface area contributed by atoms with Crippen molar-refractivity contribution in [3.05, 3.63) is 0 Å². The number of carbonyl (C=O) groups excluding carboxylic acids is 2. The summed E-state index contributed by atoms with van der Waals surface area (Å²) in [7, 11) is 1.36. The second-order valence-electron chi connectivity index (χ2n) is 4.52. The molecule has 0 spiro atoms. The highest BCUT2D eigenvalue weighted by molar-refractivity contribution is 7.99. The van der Waals surface area contributed by atoms with E-state index < -0.39 is 0 Å². The van der Waals surface area contributed by atoms with Crippen LogP contribution in [-0.2, 0) is 14.3 Å². The summed E-state index contributed by atoms with van der Waals surface area (Å²) in [6.45, 7) is 4.63. The van der Waals surface area contributed by atoms with Crippen molar-refractivity contribution in [2.75, 3.05) is 31.7 Å². The fourth-order valence-electron chi connectivity index (χ4n) is 1.85. The molecular weight excluding hydrogens is 226 g/mol. The van der Waals surface area contributed by atoms with Crippen LogP contribution in [-0.4, -0.2) is 43.5 Å². The van der Waals surface area contributed by atoms with Gasteiger partial charge in [-0.15, -0.1) is 0 Å². The van der Waals surface area contributed by atoms with Crippen LogP contribution in [0.1, 0.15) is 13.8 Å². The number of esters is 1. The molecule has 1 saturated heterocycles. The summed E-state index contributed by atoms with van der Waals surface area (Å²) in [6.07, 6.45) is 0. The molecule has 0 aromatic carbocycles. The minimum atomic E-state index is -0.351. The molecule has 16 heavy (non-hydrogen) atoms. The zero-order valence-corrected chi connectivity index (χ0v) is 10.9. The van der Waals surface area contributed by atoms with Crippen LogP contribution in [0.25, 0.3) is 0 Å². The normalized spacial score (nSPS) is 30.2. The molecule has 1 heterocycles. The maximum atomic E-state index is 12.0. The molecule has 1 rings (SSSR count). The number of hydrogen-bond donors (Lipinski definition) is 1. The first-order valence-electron chi connectivity index (χ1n) is 5.39. The second kappa shape index (κ2) is 5.68. The van der Waals surface area contributed by atoms with Crippen molar-refractivity contribution < 1.29 is 14.3 Å². The molecule has 2 atom stereocenters. The molecule has 0 radical (unpaired) electrons. The third-order valence-corrected chi connectivity index (χ3v) is 4.42. The Labute approximate surface area is 100 Å². The summed E-state index contributed by atoms with van der Waals surface area (Å²) in [5.74, 6) is 1.84. The number of rotatable bonds is 4. The van der Waals surface area contributed by atoms with Crippen LogP contribution in [0.15, 0.2) is 0 Å². The van der Waals surface area contributed by atoms with Crippen molar-refractivity contribution in [3.63, 3.8) is 0 Å². The number of methoxy groups -OCH3 is 1. The molecule has 1 aliphatic heterocycles. The van der Waals surface area contributed by atoms with Gasteiger partial charge in [0.25, 0.3) is 0 Å². The van der Waals surface area contributed by atoms with Gasteiger partial charge in [-0.1, -0.05) is 13.8 Å². The molecule has 1 aliphatic rings. The highest BCUT2D eigenvalue weighted by Gasteiger charge is 2.39. The summed E-state index contributed by atoms with van der Waals surface area (Å²) in [4.78, 5) is 23.0. The van der Waals surface area contributed by atoms with E-state index in [0.29, 0.717) is 12.3 Å². The molecule has 4 nitrogen and oxygen atoms in total. The Morgan fingerprint density at radius 3 is 3.00 bits per heavy atom. The molecule has 5 heteroatoms. The number of ketones is 1. The van der Waals surface area contributed by atoms with Crippen molar-refractivity contribution in [1.82, 2.24) is 5.32 Å². The maximum absolute atomic E-state index is 12.0. The van der Waals surface area contributed by atoms with E-state index in [2.05, 4.69) is 10.1 Å². The number of ether oxygens (including phenoxy) is 1. The van der Waals surface area contributed by atoms with Gasteiger partial charge in [-0.05, 0) is 0 Å². The summed E-state index contributed by atoms with van der Waals surface area (Å²) in [5.41, 5.74) is -0.351. The average Bonchev–Trinajstić information content (AvgIpc) is 2.26. The third kappa shape index (κ3) is 3.22. The molecule has 1 N–H and O–H groups in total. The summed E-state index contributed by atoms with van der Waals surface area (Å²) in [6, 6.07) is 0. The van der Waals surface area contributed by atoms with Gasteiger partial charge in [0.15, 0.2) is 0 Å². The topological polar surface area (TPSA) is 55.4 Å². The van der Waals surface area contributed by atoms with Gasteiger partial charge in [-0.2, -0.15) is 11.8 Å². The van der Waals surface area contributed by atoms with Crippen LogP contribution < -0.4 is 5.32 Å². The van der Waals surface area contributed by atoms with Crippen LogP contribution in [0.3, 0.4) is 0 Å². The van der Waals surface area contributed by atoms with E-state index >= 15 is 0 Å². The highest BCUT2D eigenvalue weighted by atomic mass is 32.2. The van der Waals surface area contributed by atoms with Crippen LogP contribution in [0.4, 0.5) is 0 Å². The molecule has 0 bridgehead atoms. The van der Waals surface area contributed by atoms with Gasteiger partial charge in [0.2, 0.25) is 0 Å². The molecule has 0 aliphatic carbocycles. The predicted octanol–water partition coefficient (Wildman–Crippen LogP) is 0.707. The Morgan fingerprint density at radius 1 is 1.69 bits per heavy atom. The maximum Gasteiger partial charge on any atom is 0.319 e. The van der Waals surface area contributed by atoms with E-state index in [1.807, 2.05) is 13.8 Å². The summed E-state index contributed by atoms with van der Waals surface area (Å²) in [5, 5.41) is 2.99. The van der Waals surface area contributed by atoms with Crippen LogP contribution in [0.2, 0.25) is 0 Å². The summed E-state index contributed by atoms with van der Waals surface area (Å²) >= 11 is 1.80. The van der Waals surface area contributed by atoms with Gasteiger partial charge in [0, 0.05) is 29.4 Å². The first-order chi connectivity index (χ1) is 7.49. The largest absolute Gasteiger partial charge is 0.468 e. The molecule has 1 fully saturated rings. The molecule has 0 aromatic heterocycles. The Kier molecular flexibility index (Phi) is 4.80. The molecule has 92 valence electrons. The smallest absolute Gasteiger partial charge is 0.319 e. The van der Waals surface area contributed by atoms with Crippen LogP contribution in [0.5, 0.6) is 0 Å². The Morgan fingerprint density at radius 2 is 2.38 bits per heavy atom. The van der Waals surface area contributed by atoms with Gasteiger partial charge in [-0.3, -0.25) is 9.59 Å². The SMILES string of the molecule is COC(=O)CNCC1(C)CSCC(C)C1=O. The minimum Gasteiger partial charge on any atom is -0.468 e. The van der Waals surface area contributed by atoms with Gasteiger partial charge in [-0.25, -0.2) is 0 Å². The number of thioether (sulfide) groups is 1. The van der Waals surface area contributed by atoms with E-state index in [-0.39, 0.29) is 23.8 Å². The molecule has 0 saturated carbocycles. The fourth-order valence-corrected chi connectivity index (χ4v) is 3.17. The van der Waals surface area contributed by atoms with Gasteiger partial charge in [0.05, 0.1) is 13.7 Å². The Balaban J connectivity index is 2.44. The molecule has 2 unspecified atom stereocenters. The van der Waals surface area contributed by atoms with Crippen molar-refractivity contribution in [2.45, 2.75) is 13.8 Å². The average molecular weight is 245 g/mol. The van der Waals surface area contributed by atoms with E-state index in [0.717, 1.165) is 11.5 Å². The van der Waals surface area contributed by atoms with Crippen molar-refractivity contribution in [2.24, 2.45) is 11.3 Å². The zero-order valence-electron chi connectivity index (χ0n) is 10.0. The highest BCUT2D eigenvalue weighted by Crippen LogP contribution is 2.33. The second-order valence-corrected chi connectivity index (χ2v) is 5.55. The molecular formula is C11H19NO3S. The Hall–Kier alpha value is -0.550. The quantitative estimate of drug-likeness (QED) is 0.739. The minimum absolute atomic E-state index is 0.115. The number of Topliss-reactive ketones (excluding diaryl/α,β-unsaturated/α-hetero) is 1. The monoisotopic (exact) mass is 245 g/mol. The molecule has 0 amide bonds. The fraction of sp³-hybridized carbons (Fsp3) is 0.818. The van der Waals surface area contributed by atoms with Gasteiger partial charge in [0.1, 0.15) is 5.78 Å². The van der Waals surface area contributed by atoms with E-state index in [4.69, 9.17) is 0 Å². The number of nitrogens with one attached hydrogen (secondary N) is 1. The molecule has 0 aromatic rings. The third-order valence-electron chi connectivity index (χ3n) is 2.84. The lowest BCUT2D eigenvalue weighted by Gasteiger charge is -2.35. The van der Waals surface area contributed by atoms with Crippen LogP contribution >= 0.6 is 11.8 Å². The Bertz CT molecular complexity index is 282. The lowest BCUT2D eigenvalue weighted by Crippen LogP contribution is -2.47. The van der Waals surface area contributed by atoms with Crippen LogP contribution in [0, 0.1) is 11.3 Å².